The second-order valence-electron chi connectivity index (χ2n) is 6.06. The fourth-order valence-electron chi connectivity index (χ4n) is 2.68. The van der Waals surface area contributed by atoms with Crippen LogP contribution in [0.1, 0.15) is 25.0 Å². The molecule has 3 rings (SSSR count). The van der Waals surface area contributed by atoms with Crippen LogP contribution in [0.2, 0.25) is 0 Å². The minimum atomic E-state index is -0.537. The lowest BCUT2D eigenvalue weighted by Gasteiger charge is -2.14. The molecule has 0 N–H and O–H groups in total. The van der Waals surface area contributed by atoms with Crippen LogP contribution in [0.25, 0.3) is 6.08 Å². The highest BCUT2D eigenvalue weighted by atomic mass is 79.9. The van der Waals surface area contributed by atoms with Crippen LogP contribution < -0.4 is 9.47 Å². The summed E-state index contributed by atoms with van der Waals surface area (Å²) in [6.07, 6.45) is 1.60. The number of carbonyl (C=O) groups excluding carboxylic acids is 2. The van der Waals surface area contributed by atoms with E-state index in [1.54, 1.807) is 25.1 Å². The Morgan fingerprint density at radius 2 is 1.90 bits per heavy atom. The van der Waals surface area contributed by atoms with Crippen LogP contribution >= 0.6 is 15.9 Å². The van der Waals surface area contributed by atoms with Crippen molar-refractivity contribution in [3.63, 3.8) is 0 Å². The van der Waals surface area contributed by atoms with Gasteiger partial charge in [-0.2, -0.15) is 0 Å². The van der Waals surface area contributed by atoms with Gasteiger partial charge in [0, 0.05) is 5.56 Å². The molecule has 0 saturated heterocycles. The molecule has 156 valence electrons. The minimum absolute atomic E-state index is 0.170. The van der Waals surface area contributed by atoms with Gasteiger partial charge in [-0.05, 0) is 65.7 Å². The second-order valence-corrected chi connectivity index (χ2v) is 6.91. The van der Waals surface area contributed by atoms with Crippen molar-refractivity contribution >= 4 is 39.8 Å². The van der Waals surface area contributed by atoms with E-state index < -0.39 is 11.9 Å². The number of rotatable bonds is 8. The average Bonchev–Trinajstić information content (AvgIpc) is 3.09. The molecule has 0 bridgehead atoms. The van der Waals surface area contributed by atoms with E-state index in [-0.39, 0.29) is 24.8 Å². The van der Waals surface area contributed by atoms with Gasteiger partial charge in [0.25, 0.3) is 0 Å². The third-order valence-electron chi connectivity index (χ3n) is 3.92. The normalized spacial score (nSPS) is 14.3. The molecule has 0 amide bonds. The van der Waals surface area contributed by atoms with E-state index in [9.17, 15) is 9.59 Å². The summed E-state index contributed by atoms with van der Waals surface area (Å²) in [6.45, 7) is 3.97. The van der Waals surface area contributed by atoms with Crippen molar-refractivity contribution in [1.82, 2.24) is 0 Å². The van der Waals surface area contributed by atoms with Crippen molar-refractivity contribution in [3.05, 3.63) is 63.8 Å². The highest BCUT2D eigenvalue weighted by molar-refractivity contribution is 9.10. The van der Waals surface area contributed by atoms with Gasteiger partial charge in [-0.15, -0.1) is 0 Å². The minimum Gasteiger partial charge on any atom is -0.490 e. The first kappa shape index (κ1) is 21.6. The molecule has 30 heavy (non-hydrogen) atoms. The molecular formula is C22H20BrNO6. The number of hydrogen-bond acceptors (Lipinski definition) is 7. The van der Waals surface area contributed by atoms with Crippen molar-refractivity contribution in [2.45, 2.75) is 13.8 Å². The Kier molecular flexibility index (Phi) is 7.24. The molecule has 0 unspecified atom stereocenters. The molecule has 0 saturated carbocycles. The zero-order valence-corrected chi connectivity index (χ0v) is 18.1. The van der Waals surface area contributed by atoms with E-state index in [4.69, 9.17) is 18.9 Å². The molecule has 0 aliphatic carbocycles. The van der Waals surface area contributed by atoms with Crippen LogP contribution in [-0.4, -0.2) is 37.7 Å². The van der Waals surface area contributed by atoms with Gasteiger partial charge in [-0.3, -0.25) is 0 Å². The first-order chi connectivity index (χ1) is 14.5. The van der Waals surface area contributed by atoms with Gasteiger partial charge < -0.3 is 18.9 Å². The van der Waals surface area contributed by atoms with Crippen molar-refractivity contribution in [2.24, 2.45) is 4.99 Å². The molecule has 0 atom stereocenters. The Balaban J connectivity index is 1.88. The van der Waals surface area contributed by atoms with Gasteiger partial charge in [-0.1, -0.05) is 18.2 Å². The van der Waals surface area contributed by atoms with Gasteiger partial charge in [0.2, 0.25) is 5.90 Å². The number of nitrogens with zero attached hydrogens (tertiary/aromatic N) is 1. The monoisotopic (exact) mass is 473 g/mol. The Labute approximate surface area is 182 Å². The fraction of sp³-hybridized carbons (Fsp3) is 0.227. The Morgan fingerprint density at radius 3 is 2.60 bits per heavy atom. The van der Waals surface area contributed by atoms with Gasteiger partial charge in [0.1, 0.15) is 0 Å². The molecule has 0 spiro atoms. The van der Waals surface area contributed by atoms with Crippen molar-refractivity contribution in [3.8, 4) is 11.5 Å². The van der Waals surface area contributed by atoms with Crippen LogP contribution in [0.3, 0.4) is 0 Å². The number of carbonyl (C=O) groups is 2. The first-order valence-corrected chi connectivity index (χ1v) is 10.1. The highest BCUT2D eigenvalue weighted by Crippen LogP contribution is 2.38. The number of ether oxygens (including phenoxy) is 4. The largest absolute Gasteiger partial charge is 0.490 e. The van der Waals surface area contributed by atoms with Crippen molar-refractivity contribution in [1.29, 1.82) is 0 Å². The van der Waals surface area contributed by atoms with E-state index in [1.165, 1.54) is 0 Å². The Hall–Kier alpha value is -3.13. The molecule has 1 heterocycles. The summed E-state index contributed by atoms with van der Waals surface area (Å²) in [5.41, 5.74) is 1.54. The van der Waals surface area contributed by atoms with Crippen LogP contribution in [-0.2, 0) is 19.1 Å². The molecule has 1 aliphatic heterocycles. The van der Waals surface area contributed by atoms with Gasteiger partial charge in [0.15, 0.2) is 23.8 Å². The summed E-state index contributed by atoms with van der Waals surface area (Å²) >= 11 is 3.43. The summed E-state index contributed by atoms with van der Waals surface area (Å²) in [5, 5.41) is 0. The lowest BCUT2D eigenvalue weighted by Crippen LogP contribution is -2.15. The summed E-state index contributed by atoms with van der Waals surface area (Å²) in [7, 11) is 0. The molecule has 0 aromatic heterocycles. The topological polar surface area (TPSA) is 83.4 Å². The summed E-state index contributed by atoms with van der Waals surface area (Å²) in [4.78, 5) is 28.1. The van der Waals surface area contributed by atoms with Crippen LogP contribution in [0.4, 0.5) is 0 Å². The average molecular weight is 474 g/mol. The van der Waals surface area contributed by atoms with E-state index in [1.807, 2.05) is 37.3 Å². The number of halogens is 1. The zero-order chi connectivity index (χ0) is 21.5. The van der Waals surface area contributed by atoms with E-state index in [0.29, 0.717) is 33.7 Å². The Morgan fingerprint density at radius 1 is 1.13 bits per heavy atom. The highest BCUT2D eigenvalue weighted by Gasteiger charge is 2.24. The molecule has 7 nitrogen and oxygen atoms in total. The summed E-state index contributed by atoms with van der Waals surface area (Å²) < 4.78 is 21.9. The van der Waals surface area contributed by atoms with Crippen LogP contribution in [0, 0.1) is 0 Å². The maximum absolute atomic E-state index is 12.2. The maximum Gasteiger partial charge on any atom is 0.363 e. The summed E-state index contributed by atoms with van der Waals surface area (Å²) in [5.74, 6) is 0.0293. The molecule has 1 aliphatic rings. The fourth-order valence-corrected chi connectivity index (χ4v) is 3.25. The van der Waals surface area contributed by atoms with Gasteiger partial charge >= 0.3 is 11.9 Å². The third kappa shape index (κ3) is 5.27. The summed E-state index contributed by atoms with van der Waals surface area (Å²) in [6, 6.07) is 12.6. The number of aliphatic imine (C=N–C) groups is 1. The standard InChI is InChI=1S/C22H20BrNO6/c1-3-27-18-12-14(10-16(23)20(18)29-13-19(25)28-4-2)11-17-22(26)30-21(24-17)15-8-6-5-7-9-15/h5-12H,3-4,13H2,1-2H3/b17-11-. The number of hydrogen-bond donors (Lipinski definition) is 0. The van der Waals surface area contributed by atoms with E-state index in [2.05, 4.69) is 20.9 Å². The number of cyclic esters (lactones) is 1. The van der Waals surface area contributed by atoms with Gasteiger partial charge in [-0.25, -0.2) is 14.6 Å². The third-order valence-corrected chi connectivity index (χ3v) is 4.51. The lowest BCUT2D eigenvalue weighted by molar-refractivity contribution is -0.145. The quantitative estimate of drug-likeness (QED) is 0.423. The van der Waals surface area contributed by atoms with Crippen LogP contribution in [0.5, 0.6) is 11.5 Å². The first-order valence-electron chi connectivity index (χ1n) is 9.34. The molecule has 8 heteroatoms. The number of esters is 2. The maximum atomic E-state index is 12.2. The second kappa shape index (κ2) is 10.1. The molecule has 2 aromatic rings. The van der Waals surface area contributed by atoms with Crippen molar-refractivity contribution < 1.29 is 28.5 Å². The number of benzene rings is 2. The van der Waals surface area contributed by atoms with Crippen LogP contribution in [0.15, 0.2) is 57.6 Å². The SMILES string of the molecule is CCOC(=O)COc1c(Br)cc(/C=C2\N=C(c3ccccc3)OC2=O)cc1OCC. The molecular weight excluding hydrogens is 454 g/mol. The smallest absolute Gasteiger partial charge is 0.363 e. The Bertz CT molecular complexity index is 1000. The molecule has 2 aromatic carbocycles. The van der Waals surface area contributed by atoms with Crippen molar-refractivity contribution in [2.75, 3.05) is 19.8 Å². The molecule has 0 radical (unpaired) electrons. The van der Waals surface area contributed by atoms with E-state index in [0.717, 1.165) is 0 Å². The lowest BCUT2D eigenvalue weighted by atomic mass is 10.1. The zero-order valence-electron chi connectivity index (χ0n) is 16.5. The van der Waals surface area contributed by atoms with Gasteiger partial charge in [0.05, 0.1) is 17.7 Å². The van der Waals surface area contributed by atoms with E-state index >= 15 is 0 Å². The molecule has 0 fully saturated rings. The predicted octanol–water partition coefficient (Wildman–Crippen LogP) is 4.13. The predicted molar refractivity (Wildman–Crippen MR) is 114 cm³/mol.